The van der Waals surface area contributed by atoms with Crippen LogP contribution >= 0.6 is 12.2 Å². The van der Waals surface area contributed by atoms with Crippen LogP contribution in [0.2, 0.25) is 0 Å². The van der Waals surface area contributed by atoms with Crippen LogP contribution in [0.5, 0.6) is 17.2 Å². The zero-order chi connectivity index (χ0) is 25.7. The molecule has 1 aliphatic heterocycles. The van der Waals surface area contributed by atoms with Crippen molar-refractivity contribution < 1.29 is 23.8 Å². The lowest BCUT2D eigenvalue weighted by Gasteiger charge is -2.24. The van der Waals surface area contributed by atoms with Crippen LogP contribution in [0.1, 0.15) is 12.0 Å². The number of ether oxygens (including phenoxy) is 3. The third-order valence-electron chi connectivity index (χ3n) is 5.89. The molecule has 8 nitrogen and oxygen atoms in total. The Hall–Kier alpha value is -4.11. The summed E-state index contributed by atoms with van der Waals surface area (Å²) in [5.41, 5.74) is 2.13. The molecular weight excluding hydrogens is 478 g/mol. The lowest BCUT2D eigenvalue weighted by molar-refractivity contribution is -0.124. The molecule has 0 bridgehead atoms. The molecule has 0 spiro atoms. The molecule has 3 aromatic rings. The molecule has 0 radical (unpaired) electrons. The molecule has 0 saturated carbocycles. The molecule has 1 fully saturated rings. The Morgan fingerprint density at radius 3 is 2.25 bits per heavy atom. The van der Waals surface area contributed by atoms with Crippen molar-refractivity contribution in [2.45, 2.75) is 19.0 Å². The van der Waals surface area contributed by atoms with Gasteiger partial charge in [0.05, 0.1) is 33.4 Å². The van der Waals surface area contributed by atoms with Crippen LogP contribution in [0, 0.1) is 0 Å². The minimum atomic E-state index is -0.774. The molecule has 4 rings (SSSR count). The average Bonchev–Trinajstić information content (AvgIpc) is 3.13. The smallest absolute Gasteiger partial charge is 0.256 e. The summed E-state index contributed by atoms with van der Waals surface area (Å²) in [6, 6.07) is 20.9. The number of hydrogen-bond acceptors (Lipinski definition) is 6. The molecule has 1 aliphatic rings. The highest BCUT2D eigenvalue weighted by Crippen LogP contribution is 2.32. The van der Waals surface area contributed by atoms with E-state index in [1.165, 1.54) is 4.90 Å². The van der Waals surface area contributed by atoms with Crippen LogP contribution in [-0.2, 0) is 16.1 Å². The first kappa shape index (κ1) is 25.0. The third kappa shape index (κ3) is 5.26. The van der Waals surface area contributed by atoms with Gasteiger partial charge >= 0.3 is 0 Å². The molecule has 36 heavy (non-hydrogen) atoms. The van der Waals surface area contributed by atoms with Crippen molar-refractivity contribution in [2.75, 3.05) is 31.5 Å². The zero-order valence-corrected chi connectivity index (χ0v) is 21.1. The number of nitrogens with one attached hydrogen (secondary N) is 1. The molecule has 1 unspecified atom stereocenters. The van der Waals surface area contributed by atoms with Crippen molar-refractivity contribution in [1.29, 1.82) is 0 Å². The highest BCUT2D eigenvalue weighted by atomic mass is 32.1. The van der Waals surface area contributed by atoms with E-state index in [1.54, 1.807) is 56.6 Å². The lowest BCUT2D eigenvalue weighted by atomic mass is 10.1. The van der Waals surface area contributed by atoms with Crippen molar-refractivity contribution in [3.05, 3.63) is 78.4 Å². The van der Waals surface area contributed by atoms with E-state index in [9.17, 15) is 9.59 Å². The fraction of sp³-hybridized carbons (Fsp3) is 0.222. The first-order valence-corrected chi connectivity index (χ1v) is 11.7. The van der Waals surface area contributed by atoms with Gasteiger partial charge in [0.1, 0.15) is 11.8 Å². The van der Waals surface area contributed by atoms with Crippen LogP contribution in [0.4, 0.5) is 11.4 Å². The summed E-state index contributed by atoms with van der Waals surface area (Å²) in [5.74, 6) is 1.30. The highest BCUT2D eigenvalue weighted by molar-refractivity contribution is 7.80. The van der Waals surface area contributed by atoms with E-state index in [2.05, 4.69) is 5.32 Å². The quantitative estimate of drug-likeness (QED) is 0.436. The summed E-state index contributed by atoms with van der Waals surface area (Å²) in [6.45, 7) is 0.314. The zero-order valence-electron chi connectivity index (χ0n) is 20.3. The summed E-state index contributed by atoms with van der Waals surface area (Å²) in [7, 11) is 4.71. The maximum atomic E-state index is 13.6. The van der Waals surface area contributed by atoms with Crippen molar-refractivity contribution >= 4 is 40.5 Å². The number of carbonyl (C=O) groups excluding carboxylic acids is 2. The van der Waals surface area contributed by atoms with Crippen molar-refractivity contribution in [1.82, 2.24) is 4.90 Å². The fourth-order valence-electron chi connectivity index (χ4n) is 4.07. The molecule has 0 aromatic heterocycles. The largest absolute Gasteiger partial charge is 0.497 e. The molecular formula is C27H27N3O5S. The second-order valence-corrected chi connectivity index (χ2v) is 8.47. The van der Waals surface area contributed by atoms with E-state index in [1.807, 2.05) is 42.5 Å². The first-order valence-electron chi connectivity index (χ1n) is 11.3. The van der Waals surface area contributed by atoms with Crippen molar-refractivity contribution in [2.24, 2.45) is 0 Å². The Morgan fingerprint density at radius 1 is 0.917 bits per heavy atom. The van der Waals surface area contributed by atoms with Gasteiger partial charge in [0.25, 0.3) is 5.91 Å². The molecule has 2 amide bonds. The normalized spacial score (nSPS) is 15.1. The fourth-order valence-corrected chi connectivity index (χ4v) is 4.45. The average molecular weight is 506 g/mol. The van der Waals surface area contributed by atoms with Crippen LogP contribution in [0.25, 0.3) is 0 Å². The summed E-state index contributed by atoms with van der Waals surface area (Å²) < 4.78 is 15.9. The van der Waals surface area contributed by atoms with Gasteiger partial charge in [-0.3, -0.25) is 14.5 Å². The Kier molecular flexibility index (Phi) is 7.70. The van der Waals surface area contributed by atoms with Gasteiger partial charge in [0, 0.05) is 12.2 Å². The second-order valence-electron chi connectivity index (χ2n) is 8.11. The monoisotopic (exact) mass is 505 g/mol. The van der Waals surface area contributed by atoms with Gasteiger partial charge in [-0.15, -0.1) is 0 Å². The number of carbonyl (C=O) groups is 2. The van der Waals surface area contributed by atoms with Crippen LogP contribution < -0.4 is 24.4 Å². The molecule has 1 atom stereocenters. The number of amides is 2. The standard InChI is InChI=1S/C27H27N3O5S/c1-33-21-12-10-19(11-13-21)28-25(31)16-22-26(32)30(20-7-5-4-6-8-20)27(36)29(22)17-18-9-14-23(34-2)24(15-18)35-3/h4-15,22H,16-17H2,1-3H3,(H,28,31). The number of anilines is 2. The number of hydrogen-bond donors (Lipinski definition) is 1. The molecule has 9 heteroatoms. The lowest BCUT2D eigenvalue weighted by Crippen LogP contribution is -2.37. The molecule has 0 aliphatic carbocycles. The van der Waals surface area contributed by atoms with Gasteiger partial charge in [-0.1, -0.05) is 24.3 Å². The van der Waals surface area contributed by atoms with Crippen LogP contribution in [0.15, 0.2) is 72.8 Å². The van der Waals surface area contributed by atoms with Crippen LogP contribution in [0.3, 0.4) is 0 Å². The number of methoxy groups -OCH3 is 3. The van der Waals surface area contributed by atoms with Crippen molar-refractivity contribution in [3.63, 3.8) is 0 Å². The van der Waals surface area contributed by atoms with Gasteiger partial charge in [-0.2, -0.15) is 0 Å². The van der Waals surface area contributed by atoms with Gasteiger partial charge < -0.3 is 24.4 Å². The maximum absolute atomic E-state index is 13.6. The summed E-state index contributed by atoms with van der Waals surface area (Å²) in [6.07, 6.45) is -0.0678. The minimum Gasteiger partial charge on any atom is -0.497 e. The van der Waals surface area contributed by atoms with Gasteiger partial charge in [-0.25, -0.2) is 0 Å². The molecule has 1 saturated heterocycles. The van der Waals surface area contributed by atoms with Crippen molar-refractivity contribution in [3.8, 4) is 17.2 Å². The molecule has 3 aromatic carbocycles. The Labute approximate surface area is 215 Å². The Bertz CT molecular complexity index is 1250. The molecule has 1 heterocycles. The number of para-hydroxylation sites is 1. The van der Waals surface area contributed by atoms with E-state index in [0.717, 1.165) is 5.56 Å². The SMILES string of the molecule is COc1ccc(NC(=O)CC2C(=O)N(c3ccccc3)C(=S)N2Cc2ccc(OC)c(OC)c2)cc1. The summed E-state index contributed by atoms with van der Waals surface area (Å²) in [4.78, 5) is 29.8. The number of thiocarbonyl (C=S) groups is 1. The van der Waals surface area contributed by atoms with Gasteiger partial charge in [0.2, 0.25) is 5.91 Å². The number of benzene rings is 3. The van der Waals surface area contributed by atoms with E-state index in [0.29, 0.717) is 40.3 Å². The number of rotatable bonds is 9. The maximum Gasteiger partial charge on any atom is 0.256 e. The predicted molar refractivity (Wildman–Crippen MR) is 142 cm³/mol. The number of nitrogens with zero attached hydrogens (tertiary/aromatic N) is 2. The first-order chi connectivity index (χ1) is 17.4. The van der Waals surface area contributed by atoms with E-state index in [4.69, 9.17) is 26.4 Å². The van der Waals surface area contributed by atoms with Crippen LogP contribution in [-0.4, -0.2) is 49.2 Å². The minimum absolute atomic E-state index is 0.0678. The predicted octanol–water partition coefficient (Wildman–Crippen LogP) is 4.24. The van der Waals surface area contributed by atoms with Gasteiger partial charge in [-0.05, 0) is 66.3 Å². The summed E-state index contributed by atoms with van der Waals surface area (Å²) in [5, 5.41) is 3.19. The second kappa shape index (κ2) is 11.1. The summed E-state index contributed by atoms with van der Waals surface area (Å²) >= 11 is 5.75. The Morgan fingerprint density at radius 2 is 1.61 bits per heavy atom. The topological polar surface area (TPSA) is 80.3 Å². The van der Waals surface area contributed by atoms with Gasteiger partial charge in [0.15, 0.2) is 16.6 Å². The van der Waals surface area contributed by atoms with E-state index < -0.39 is 6.04 Å². The molecule has 186 valence electrons. The Balaban J connectivity index is 1.60. The molecule has 1 N–H and O–H groups in total. The third-order valence-corrected chi connectivity index (χ3v) is 6.30. The highest BCUT2D eigenvalue weighted by Gasteiger charge is 2.44. The van der Waals surface area contributed by atoms with E-state index >= 15 is 0 Å². The van der Waals surface area contributed by atoms with E-state index in [-0.39, 0.29) is 18.2 Å².